The Morgan fingerprint density at radius 2 is 1.68 bits per heavy atom. The van der Waals surface area contributed by atoms with Gasteiger partial charge in [0.05, 0.1) is 0 Å². The zero-order valence-corrected chi connectivity index (χ0v) is 13.6. The molecule has 0 aliphatic heterocycles. The molecule has 0 radical (unpaired) electrons. The number of hydrogen-bond acceptors (Lipinski definition) is 1. The number of amides is 1. The van der Waals surface area contributed by atoms with Crippen molar-refractivity contribution in [3.63, 3.8) is 0 Å². The Labute approximate surface area is 127 Å². The smallest absolute Gasteiger partial charge is 0.225 e. The minimum atomic E-state index is 0.212. The third-order valence-electron chi connectivity index (χ3n) is 4.18. The molecule has 1 saturated carbocycles. The maximum absolute atomic E-state index is 12.4. The summed E-state index contributed by atoms with van der Waals surface area (Å²) in [6.07, 6.45) is 8.47. The molecule has 1 fully saturated rings. The Kier molecular flexibility index (Phi) is 8.89. The van der Waals surface area contributed by atoms with Crippen molar-refractivity contribution in [2.45, 2.75) is 51.9 Å². The van der Waals surface area contributed by atoms with Gasteiger partial charge in [-0.2, -0.15) is 0 Å². The van der Waals surface area contributed by atoms with Crippen LogP contribution in [0.4, 0.5) is 0 Å². The van der Waals surface area contributed by atoms with E-state index in [0.717, 1.165) is 18.8 Å². The molecule has 1 rings (SSSR count). The van der Waals surface area contributed by atoms with Gasteiger partial charge in [0.2, 0.25) is 5.91 Å². The Morgan fingerprint density at radius 3 is 2.16 bits per heavy atom. The summed E-state index contributed by atoms with van der Waals surface area (Å²) < 4.78 is 0. The Morgan fingerprint density at radius 1 is 1.11 bits per heavy atom. The van der Waals surface area contributed by atoms with Crippen molar-refractivity contribution in [2.24, 2.45) is 11.8 Å². The molecule has 0 heterocycles. The van der Waals surface area contributed by atoms with E-state index in [4.69, 9.17) is 23.2 Å². The standard InChI is InChI=1S/C15H27Cl2NO/c1-2-3-4-13-5-7-14(8-6-13)15(19)18(11-9-16)12-10-17/h13-14H,2-12H2,1H3. The summed E-state index contributed by atoms with van der Waals surface area (Å²) in [5, 5.41) is 0. The Balaban J connectivity index is 2.37. The predicted molar refractivity (Wildman–Crippen MR) is 83.0 cm³/mol. The lowest BCUT2D eigenvalue weighted by molar-refractivity contribution is -0.136. The highest BCUT2D eigenvalue weighted by Gasteiger charge is 2.28. The van der Waals surface area contributed by atoms with Gasteiger partial charge in [-0.15, -0.1) is 23.2 Å². The van der Waals surface area contributed by atoms with Gasteiger partial charge < -0.3 is 4.90 Å². The summed E-state index contributed by atoms with van der Waals surface area (Å²) in [6, 6.07) is 0. The highest BCUT2D eigenvalue weighted by Crippen LogP contribution is 2.32. The van der Waals surface area contributed by atoms with E-state index in [1.807, 2.05) is 4.90 Å². The van der Waals surface area contributed by atoms with Gasteiger partial charge >= 0.3 is 0 Å². The largest absolute Gasteiger partial charge is 0.340 e. The van der Waals surface area contributed by atoms with Gasteiger partial charge in [-0.05, 0) is 31.6 Å². The van der Waals surface area contributed by atoms with Crippen LogP contribution in [0.2, 0.25) is 0 Å². The van der Waals surface area contributed by atoms with E-state index >= 15 is 0 Å². The number of halogens is 2. The number of rotatable bonds is 8. The number of unbranched alkanes of at least 4 members (excludes halogenated alkanes) is 1. The normalized spacial score (nSPS) is 23.3. The number of carbonyl (C=O) groups excluding carboxylic acids is 1. The zero-order valence-electron chi connectivity index (χ0n) is 12.0. The summed E-state index contributed by atoms with van der Waals surface area (Å²) in [4.78, 5) is 14.3. The molecular weight excluding hydrogens is 281 g/mol. The first kappa shape index (κ1) is 17.1. The number of alkyl halides is 2. The molecule has 0 aromatic rings. The lowest BCUT2D eigenvalue weighted by atomic mass is 9.79. The van der Waals surface area contributed by atoms with Gasteiger partial charge in [-0.3, -0.25) is 4.79 Å². The van der Waals surface area contributed by atoms with E-state index in [2.05, 4.69) is 6.92 Å². The van der Waals surface area contributed by atoms with Crippen molar-refractivity contribution in [2.75, 3.05) is 24.8 Å². The second-order valence-corrected chi connectivity index (χ2v) is 6.32. The fraction of sp³-hybridized carbons (Fsp3) is 0.933. The molecule has 1 aliphatic carbocycles. The second kappa shape index (κ2) is 9.88. The topological polar surface area (TPSA) is 20.3 Å². The molecule has 112 valence electrons. The average molecular weight is 308 g/mol. The minimum absolute atomic E-state index is 0.212. The van der Waals surface area contributed by atoms with E-state index in [1.54, 1.807) is 0 Å². The molecular formula is C15H27Cl2NO. The first-order valence-electron chi connectivity index (χ1n) is 7.63. The fourth-order valence-electron chi connectivity index (χ4n) is 2.99. The summed E-state index contributed by atoms with van der Waals surface area (Å²) in [5.41, 5.74) is 0. The van der Waals surface area contributed by atoms with Gasteiger partial charge in [0.25, 0.3) is 0 Å². The molecule has 0 aromatic heterocycles. The Hall–Kier alpha value is 0.0500. The maximum Gasteiger partial charge on any atom is 0.225 e. The van der Waals surface area contributed by atoms with Crippen LogP contribution in [0.15, 0.2) is 0 Å². The molecule has 0 saturated heterocycles. The van der Waals surface area contributed by atoms with Gasteiger partial charge in [-0.1, -0.05) is 26.2 Å². The van der Waals surface area contributed by atoms with Crippen molar-refractivity contribution >= 4 is 29.1 Å². The van der Waals surface area contributed by atoms with Crippen LogP contribution in [0.25, 0.3) is 0 Å². The SMILES string of the molecule is CCCCC1CCC(C(=O)N(CCCl)CCCl)CC1. The van der Waals surface area contributed by atoms with E-state index in [-0.39, 0.29) is 11.8 Å². The molecule has 0 bridgehead atoms. The molecule has 0 spiro atoms. The molecule has 19 heavy (non-hydrogen) atoms. The Bertz CT molecular complexity index is 247. The maximum atomic E-state index is 12.4. The molecule has 0 unspecified atom stereocenters. The second-order valence-electron chi connectivity index (χ2n) is 5.56. The van der Waals surface area contributed by atoms with E-state index in [9.17, 15) is 4.79 Å². The van der Waals surface area contributed by atoms with Crippen LogP contribution in [0.3, 0.4) is 0 Å². The summed E-state index contributed by atoms with van der Waals surface area (Å²) in [7, 11) is 0. The lowest BCUT2D eigenvalue weighted by Gasteiger charge is -2.31. The van der Waals surface area contributed by atoms with E-state index in [1.165, 1.54) is 32.1 Å². The monoisotopic (exact) mass is 307 g/mol. The molecule has 1 amide bonds. The molecule has 2 nitrogen and oxygen atoms in total. The molecule has 1 aliphatic rings. The highest BCUT2D eigenvalue weighted by molar-refractivity contribution is 6.18. The predicted octanol–water partition coefficient (Wildman–Crippen LogP) is 4.29. The highest BCUT2D eigenvalue weighted by atomic mass is 35.5. The first-order valence-corrected chi connectivity index (χ1v) is 8.70. The van der Waals surface area contributed by atoms with E-state index < -0.39 is 0 Å². The summed E-state index contributed by atoms with van der Waals surface area (Å²) in [5.74, 6) is 2.32. The summed E-state index contributed by atoms with van der Waals surface area (Å²) in [6.45, 7) is 3.50. The van der Waals surface area contributed by atoms with Crippen molar-refractivity contribution in [1.82, 2.24) is 4.90 Å². The van der Waals surface area contributed by atoms with E-state index in [0.29, 0.717) is 24.8 Å². The number of carbonyl (C=O) groups is 1. The van der Waals surface area contributed by atoms with Crippen LogP contribution in [0.5, 0.6) is 0 Å². The van der Waals surface area contributed by atoms with Crippen molar-refractivity contribution in [1.29, 1.82) is 0 Å². The minimum Gasteiger partial charge on any atom is -0.340 e. The van der Waals surface area contributed by atoms with Crippen molar-refractivity contribution < 1.29 is 4.79 Å². The number of hydrogen-bond donors (Lipinski definition) is 0. The first-order chi connectivity index (χ1) is 9.22. The van der Waals surface area contributed by atoms with Gasteiger partial charge in [0.15, 0.2) is 0 Å². The van der Waals surface area contributed by atoms with Gasteiger partial charge in [-0.25, -0.2) is 0 Å². The molecule has 4 heteroatoms. The molecule has 0 aromatic carbocycles. The third-order valence-corrected chi connectivity index (χ3v) is 4.52. The molecule has 0 atom stereocenters. The fourth-order valence-corrected chi connectivity index (χ4v) is 3.39. The third kappa shape index (κ3) is 5.91. The van der Waals surface area contributed by atoms with Crippen LogP contribution in [0, 0.1) is 11.8 Å². The number of nitrogens with zero attached hydrogens (tertiary/aromatic N) is 1. The van der Waals surface area contributed by atoms with Gasteiger partial charge in [0, 0.05) is 30.8 Å². The zero-order chi connectivity index (χ0) is 14.1. The van der Waals surface area contributed by atoms with Crippen LogP contribution in [0.1, 0.15) is 51.9 Å². The van der Waals surface area contributed by atoms with Crippen LogP contribution < -0.4 is 0 Å². The van der Waals surface area contributed by atoms with Crippen molar-refractivity contribution in [3.05, 3.63) is 0 Å². The lowest BCUT2D eigenvalue weighted by Crippen LogP contribution is -2.40. The van der Waals surface area contributed by atoms with Crippen LogP contribution in [-0.4, -0.2) is 35.7 Å². The van der Waals surface area contributed by atoms with Crippen LogP contribution in [-0.2, 0) is 4.79 Å². The summed E-state index contributed by atoms with van der Waals surface area (Å²) >= 11 is 11.5. The average Bonchev–Trinajstić information content (AvgIpc) is 2.44. The van der Waals surface area contributed by atoms with Crippen LogP contribution >= 0.6 is 23.2 Å². The quantitative estimate of drug-likeness (QED) is 0.613. The van der Waals surface area contributed by atoms with Gasteiger partial charge in [0.1, 0.15) is 0 Å². The van der Waals surface area contributed by atoms with Crippen molar-refractivity contribution in [3.8, 4) is 0 Å². The molecule has 0 N–H and O–H groups in total.